The lowest BCUT2D eigenvalue weighted by Crippen LogP contribution is -2.42. The Balaban J connectivity index is 4.58. The Morgan fingerprint density at radius 2 is 1.62 bits per heavy atom. The molecule has 0 atom stereocenters. The fraction of sp³-hybridized carbons (Fsp3) is 1.00. The number of hydrogen-bond donors (Lipinski definition) is 1. The molecule has 0 heterocycles. The molecule has 0 spiro atoms. The summed E-state index contributed by atoms with van der Waals surface area (Å²) in [5.41, 5.74) is 5.07. The molecule has 0 aliphatic carbocycles. The first-order valence-electron chi connectivity index (χ1n) is 4.73. The first-order chi connectivity index (χ1) is 5.73. The fourth-order valence-electron chi connectivity index (χ4n) is 1.43. The van der Waals surface area contributed by atoms with Crippen LogP contribution in [0, 0.1) is 0 Å². The third kappa shape index (κ3) is 4.62. The van der Waals surface area contributed by atoms with Crippen molar-refractivity contribution in [2.75, 3.05) is 5.75 Å². The van der Waals surface area contributed by atoms with Crippen molar-refractivity contribution in [2.24, 2.45) is 5.73 Å². The Bertz CT molecular complexity index is 235. The van der Waals surface area contributed by atoms with Gasteiger partial charge < -0.3 is 5.73 Å². The molecule has 0 amide bonds. The summed E-state index contributed by atoms with van der Waals surface area (Å²) in [5.74, 6) is 0.0757. The molecule has 0 aromatic rings. The van der Waals surface area contributed by atoms with Crippen LogP contribution in [0.3, 0.4) is 0 Å². The van der Waals surface area contributed by atoms with E-state index in [-0.39, 0.29) is 11.0 Å². The Morgan fingerprint density at radius 3 is 1.85 bits per heavy atom. The SMILES string of the molecule is CCC(CC)S(=O)(=O)CC(C)(C)N. The highest BCUT2D eigenvalue weighted by Gasteiger charge is 2.27. The van der Waals surface area contributed by atoms with Crippen molar-refractivity contribution < 1.29 is 8.42 Å². The van der Waals surface area contributed by atoms with Crippen molar-refractivity contribution >= 4 is 9.84 Å². The predicted molar refractivity (Wildman–Crippen MR) is 56.4 cm³/mol. The summed E-state index contributed by atoms with van der Waals surface area (Å²) < 4.78 is 23.5. The molecule has 0 saturated heterocycles. The zero-order valence-electron chi connectivity index (χ0n) is 9.00. The van der Waals surface area contributed by atoms with Gasteiger partial charge >= 0.3 is 0 Å². The van der Waals surface area contributed by atoms with Crippen molar-refractivity contribution in [1.82, 2.24) is 0 Å². The van der Waals surface area contributed by atoms with Crippen LogP contribution in [0.15, 0.2) is 0 Å². The average Bonchev–Trinajstić information content (AvgIpc) is 1.83. The van der Waals surface area contributed by atoms with E-state index in [1.54, 1.807) is 13.8 Å². The Kier molecular flexibility index (Phi) is 4.39. The molecular weight excluding hydrogens is 186 g/mol. The number of rotatable bonds is 5. The van der Waals surface area contributed by atoms with Crippen molar-refractivity contribution in [3.8, 4) is 0 Å². The Morgan fingerprint density at radius 1 is 1.23 bits per heavy atom. The predicted octanol–water partition coefficient (Wildman–Crippen LogP) is 1.33. The van der Waals surface area contributed by atoms with Gasteiger partial charge in [-0.05, 0) is 26.7 Å². The Labute approximate surface area is 81.6 Å². The van der Waals surface area contributed by atoms with Crippen LogP contribution in [0.1, 0.15) is 40.5 Å². The van der Waals surface area contributed by atoms with Crippen LogP contribution in [0.2, 0.25) is 0 Å². The van der Waals surface area contributed by atoms with E-state index < -0.39 is 15.4 Å². The summed E-state index contributed by atoms with van der Waals surface area (Å²) in [6.45, 7) is 7.28. The quantitative estimate of drug-likeness (QED) is 0.740. The largest absolute Gasteiger partial charge is 0.325 e. The maximum Gasteiger partial charge on any atom is 0.154 e. The lowest BCUT2D eigenvalue weighted by Gasteiger charge is -2.22. The summed E-state index contributed by atoms with van der Waals surface area (Å²) in [4.78, 5) is 0. The maximum atomic E-state index is 11.7. The van der Waals surface area contributed by atoms with Gasteiger partial charge in [0.25, 0.3) is 0 Å². The van der Waals surface area contributed by atoms with Crippen LogP contribution in [0.25, 0.3) is 0 Å². The molecule has 0 aromatic carbocycles. The van der Waals surface area contributed by atoms with Crippen molar-refractivity contribution in [2.45, 2.75) is 51.3 Å². The highest BCUT2D eigenvalue weighted by molar-refractivity contribution is 7.92. The van der Waals surface area contributed by atoms with E-state index in [0.29, 0.717) is 12.8 Å². The molecule has 0 rings (SSSR count). The minimum atomic E-state index is -3.01. The van der Waals surface area contributed by atoms with Gasteiger partial charge in [-0.1, -0.05) is 13.8 Å². The van der Waals surface area contributed by atoms with Crippen LogP contribution in [0.4, 0.5) is 0 Å². The molecule has 3 nitrogen and oxygen atoms in total. The van der Waals surface area contributed by atoms with Crippen LogP contribution >= 0.6 is 0 Å². The molecule has 0 aliphatic heterocycles. The number of hydrogen-bond acceptors (Lipinski definition) is 3. The number of sulfone groups is 1. The molecule has 2 N–H and O–H groups in total. The first-order valence-corrected chi connectivity index (χ1v) is 6.45. The molecule has 0 unspecified atom stereocenters. The minimum Gasteiger partial charge on any atom is -0.325 e. The van der Waals surface area contributed by atoms with Gasteiger partial charge in [0.15, 0.2) is 9.84 Å². The lowest BCUT2D eigenvalue weighted by molar-refractivity contribution is 0.529. The topological polar surface area (TPSA) is 60.2 Å². The highest BCUT2D eigenvalue weighted by Crippen LogP contribution is 2.14. The average molecular weight is 207 g/mol. The van der Waals surface area contributed by atoms with Gasteiger partial charge in [-0.3, -0.25) is 0 Å². The lowest BCUT2D eigenvalue weighted by atomic mass is 10.1. The van der Waals surface area contributed by atoms with Crippen LogP contribution < -0.4 is 5.73 Å². The summed E-state index contributed by atoms with van der Waals surface area (Å²) >= 11 is 0. The number of nitrogens with two attached hydrogens (primary N) is 1. The minimum absolute atomic E-state index is 0.0757. The van der Waals surface area contributed by atoms with Crippen LogP contribution in [-0.4, -0.2) is 25.0 Å². The van der Waals surface area contributed by atoms with E-state index in [4.69, 9.17) is 5.73 Å². The summed E-state index contributed by atoms with van der Waals surface area (Å²) in [5, 5.41) is -0.227. The monoisotopic (exact) mass is 207 g/mol. The van der Waals surface area contributed by atoms with E-state index in [0.717, 1.165) is 0 Å². The van der Waals surface area contributed by atoms with Gasteiger partial charge in [-0.2, -0.15) is 0 Å². The summed E-state index contributed by atoms with van der Waals surface area (Å²) in [6, 6.07) is 0. The third-order valence-corrected chi connectivity index (χ3v) is 4.82. The third-order valence-electron chi connectivity index (χ3n) is 1.99. The molecule has 80 valence electrons. The van der Waals surface area contributed by atoms with Crippen molar-refractivity contribution in [1.29, 1.82) is 0 Å². The first kappa shape index (κ1) is 12.9. The molecule has 0 saturated carbocycles. The van der Waals surface area contributed by atoms with Gasteiger partial charge in [0, 0.05) is 5.54 Å². The van der Waals surface area contributed by atoms with Gasteiger partial charge in [0.05, 0.1) is 11.0 Å². The second-order valence-electron chi connectivity index (χ2n) is 4.23. The van der Waals surface area contributed by atoms with Gasteiger partial charge in [-0.25, -0.2) is 8.42 Å². The second-order valence-corrected chi connectivity index (χ2v) is 6.52. The van der Waals surface area contributed by atoms with E-state index in [2.05, 4.69) is 0 Å². The highest BCUT2D eigenvalue weighted by atomic mass is 32.2. The molecular formula is C9H21NO2S. The fourth-order valence-corrected chi connectivity index (χ4v) is 3.72. The molecule has 4 heteroatoms. The molecule has 0 aliphatic rings. The summed E-state index contributed by atoms with van der Waals surface area (Å²) in [7, 11) is -3.01. The Hall–Kier alpha value is -0.0900. The summed E-state index contributed by atoms with van der Waals surface area (Å²) in [6.07, 6.45) is 1.35. The molecule has 13 heavy (non-hydrogen) atoms. The molecule has 0 bridgehead atoms. The van der Waals surface area contributed by atoms with E-state index in [1.807, 2.05) is 13.8 Å². The van der Waals surface area contributed by atoms with Crippen molar-refractivity contribution in [3.63, 3.8) is 0 Å². The zero-order valence-corrected chi connectivity index (χ0v) is 9.82. The molecule has 0 radical (unpaired) electrons. The zero-order chi connectivity index (χ0) is 10.7. The second kappa shape index (κ2) is 4.42. The van der Waals surface area contributed by atoms with Gasteiger partial charge in [0.2, 0.25) is 0 Å². The van der Waals surface area contributed by atoms with E-state index >= 15 is 0 Å². The van der Waals surface area contributed by atoms with Crippen LogP contribution in [0.5, 0.6) is 0 Å². The standard InChI is InChI=1S/C9H21NO2S/c1-5-8(6-2)13(11,12)7-9(3,4)10/h8H,5-7,10H2,1-4H3. The van der Waals surface area contributed by atoms with Crippen LogP contribution in [-0.2, 0) is 9.84 Å². The van der Waals surface area contributed by atoms with Gasteiger partial charge in [0.1, 0.15) is 0 Å². The van der Waals surface area contributed by atoms with E-state index in [9.17, 15) is 8.42 Å². The smallest absolute Gasteiger partial charge is 0.154 e. The normalized spacial score (nSPS) is 13.7. The maximum absolute atomic E-state index is 11.7. The molecule has 0 fully saturated rings. The molecule has 0 aromatic heterocycles. The van der Waals surface area contributed by atoms with Crippen molar-refractivity contribution in [3.05, 3.63) is 0 Å². The van der Waals surface area contributed by atoms with E-state index in [1.165, 1.54) is 0 Å². The van der Waals surface area contributed by atoms with Gasteiger partial charge in [-0.15, -0.1) is 0 Å².